The molecule has 0 heterocycles. The van der Waals surface area contributed by atoms with Gasteiger partial charge in [0.2, 0.25) is 5.91 Å². The minimum atomic E-state index is 0.208. The average Bonchev–Trinajstić information content (AvgIpc) is 3.36. The molecular weight excluding hydrogens is 288 g/mol. The van der Waals surface area contributed by atoms with E-state index >= 15 is 0 Å². The summed E-state index contributed by atoms with van der Waals surface area (Å²) in [7, 11) is 0. The molecule has 132 valence electrons. The van der Waals surface area contributed by atoms with Gasteiger partial charge in [0.15, 0.2) is 5.96 Å². The lowest BCUT2D eigenvalue weighted by Gasteiger charge is -2.26. The van der Waals surface area contributed by atoms with Crippen LogP contribution in [0.5, 0.6) is 0 Å². The highest BCUT2D eigenvalue weighted by Crippen LogP contribution is 2.30. The van der Waals surface area contributed by atoms with E-state index in [1.54, 1.807) is 0 Å². The largest absolute Gasteiger partial charge is 0.357 e. The van der Waals surface area contributed by atoms with Gasteiger partial charge in [-0.15, -0.1) is 0 Å². The van der Waals surface area contributed by atoms with E-state index in [2.05, 4.69) is 34.8 Å². The second-order valence-corrected chi connectivity index (χ2v) is 7.18. The molecule has 0 aromatic rings. The second-order valence-electron chi connectivity index (χ2n) is 7.18. The summed E-state index contributed by atoms with van der Waals surface area (Å²) >= 11 is 0. The van der Waals surface area contributed by atoms with E-state index < -0.39 is 0 Å². The van der Waals surface area contributed by atoms with Crippen molar-refractivity contribution in [3.8, 4) is 0 Å². The number of amides is 1. The Morgan fingerprint density at radius 1 is 1.09 bits per heavy atom. The van der Waals surface area contributed by atoms with Crippen LogP contribution < -0.4 is 16.0 Å². The molecule has 2 aliphatic carbocycles. The summed E-state index contributed by atoms with van der Waals surface area (Å²) in [5.74, 6) is 3.11. The Hall–Kier alpha value is -1.26. The summed E-state index contributed by atoms with van der Waals surface area (Å²) in [5, 5.41) is 9.56. The monoisotopic (exact) mass is 322 g/mol. The molecule has 23 heavy (non-hydrogen) atoms. The Labute approximate surface area is 141 Å². The Balaban J connectivity index is 1.61. The SMILES string of the molecule is CCNC(=NCCC1CCCC(C)C1)NCCNC(=O)C1CC1. The van der Waals surface area contributed by atoms with Crippen molar-refractivity contribution in [3.63, 3.8) is 0 Å². The van der Waals surface area contributed by atoms with Crippen LogP contribution in [0.4, 0.5) is 0 Å². The molecule has 0 bridgehead atoms. The lowest BCUT2D eigenvalue weighted by Crippen LogP contribution is -2.41. The Kier molecular flexibility index (Phi) is 7.69. The predicted molar refractivity (Wildman–Crippen MR) is 95.5 cm³/mol. The van der Waals surface area contributed by atoms with E-state index in [0.717, 1.165) is 50.3 Å². The molecule has 3 N–H and O–H groups in total. The van der Waals surface area contributed by atoms with Gasteiger partial charge in [0.25, 0.3) is 0 Å². The van der Waals surface area contributed by atoms with Gasteiger partial charge in [-0.2, -0.15) is 0 Å². The number of nitrogens with zero attached hydrogens (tertiary/aromatic N) is 1. The summed E-state index contributed by atoms with van der Waals surface area (Å²) in [4.78, 5) is 16.2. The van der Waals surface area contributed by atoms with Gasteiger partial charge in [0.05, 0.1) is 0 Å². The van der Waals surface area contributed by atoms with E-state index in [4.69, 9.17) is 0 Å². The van der Waals surface area contributed by atoms with Crippen LogP contribution in [0, 0.1) is 17.8 Å². The van der Waals surface area contributed by atoms with E-state index in [-0.39, 0.29) is 11.8 Å². The highest BCUT2D eigenvalue weighted by Gasteiger charge is 2.28. The smallest absolute Gasteiger partial charge is 0.223 e. The lowest BCUT2D eigenvalue weighted by atomic mass is 9.81. The van der Waals surface area contributed by atoms with Crippen LogP contribution in [-0.2, 0) is 4.79 Å². The zero-order valence-electron chi connectivity index (χ0n) is 14.9. The molecule has 2 atom stereocenters. The van der Waals surface area contributed by atoms with Crippen LogP contribution in [0.2, 0.25) is 0 Å². The number of aliphatic imine (C=N–C) groups is 1. The Morgan fingerprint density at radius 2 is 1.87 bits per heavy atom. The first-order chi connectivity index (χ1) is 11.2. The average molecular weight is 322 g/mol. The minimum absolute atomic E-state index is 0.208. The maximum absolute atomic E-state index is 11.6. The molecule has 2 rings (SSSR count). The minimum Gasteiger partial charge on any atom is -0.357 e. The topological polar surface area (TPSA) is 65.5 Å². The summed E-state index contributed by atoms with van der Waals surface area (Å²) in [6.07, 6.45) is 8.83. The molecule has 0 aromatic carbocycles. The third-order valence-corrected chi connectivity index (χ3v) is 4.86. The number of hydrogen-bond acceptors (Lipinski definition) is 2. The molecular formula is C18H34N4O. The van der Waals surface area contributed by atoms with Crippen molar-refractivity contribution in [2.45, 2.75) is 58.8 Å². The van der Waals surface area contributed by atoms with E-state index in [9.17, 15) is 4.79 Å². The van der Waals surface area contributed by atoms with Crippen molar-refractivity contribution >= 4 is 11.9 Å². The van der Waals surface area contributed by atoms with Crippen LogP contribution in [0.3, 0.4) is 0 Å². The normalized spacial score (nSPS) is 25.0. The Morgan fingerprint density at radius 3 is 2.57 bits per heavy atom. The van der Waals surface area contributed by atoms with Crippen LogP contribution in [0.1, 0.15) is 58.8 Å². The van der Waals surface area contributed by atoms with Crippen molar-refractivity contribution in [2.24, 2.45) is 22.7 Å². The number of nitrogens with one attached hydrogen (secondary N) is 3. The van der Waals surface area contributed by atoms with E-state index in [1.165, 1.54) is 32.1 Å². The summed E-state index contributed by atoms with van der Waals surface area (Å²) < 4.78 is 0. The van der Waals surface area contributed by atoms with Gasteiger partial charge in [-0.05, 0) is 44.4 Å². The fourth-order valence-corrected chi connectivity index (χ4v) is 3.38. The molecule has 2 aliphatic rings. The molecule has 2 unspecified atom stereocenters. The first-order valence-corrected chi connectivity index (χ1v) is 9.49. The predicted octanol–water partition coefficient (Wildman–Crippen LogP) is 2.28. The fourth-order valence-electron chi connectivity index (χ4n) is 3.38. The molecule has 0 spiro atoms. The van der Waals surface area contributed by atoms with Gasteiger partial charge in [0.1, 0.15) is 0 Å². The number of carbonyl (C=O) groups excluding carboxylic acids is 1. The highest BCUT2D eigenvalue weighted by molar-refractivity contribution is 5.81. The summed E-state index contributed by atoms with van der Waals surface area (Å²) in [5.41, 5.74) is 0. The first-order valence-electron chi connectivity index (χ1n) is 9.49. The van der Waals surface area contributed by atoms with Crippen LogP contribution >= 0.6 is 0 Å². The highest BCUT2D eigenvalue weighted by atomic mass is 16.2. The summed E-state index contributed by atoms with van der Waals surface area (Å²) in [6, 6.07) is 0. The van der Waals surface area contributed by atoms with Crippen LogP contribution in [-0.4, -0.2) is 38.0 Å². The molecule has 5 heteroatoms. The van der Waals surface area contributed by atoms with Crippen molar-refractivity contribution in [1.29, 1.82) is 0 Å². The standard InChI is InChI=1S/C18H34N4O/c1-3-19-18(22-12-11-20-17(23)16-7-8-16)21-10-9-15-6-4-5-14(2)13-15/h14-16H,3-13H2,1-2H3,(H,20,23)(H2,19,21,22). The number of guanidine groups is 1. The maximum atomic E-state index is 11.6. The zero-order chi connectivity index (χ0) is 16.5. The van der Waals surface area contributed by atoms with Gasteiger partial charge in [-0.1, -0.05) is 26.2 Å². The van der Waals surface area contributed by atoms with E-state index in [0.29, 0.717) is 6.54 Å². The number of carbonyl (C=O) groups is 1. The molecule has 1 amide bonds. The lowest BCUT2D eigenvalue weighted by molar-refractivity contribution is -0.122. The molecule has 0 aliphatic heterocycles. The first kappa shape index (κ1) is 18.1. The van der Waals surface area contributed by atoms with Gasteiger partial charge in [-0.3, -0.25) is 9.79 Å². The van der Waals surface area contributed by atoms with E-state index in [1.807, 2.05) is 0 Å². The van der Waals surface area contributed by atoms with Crippen molar-refractivity contribution in [2.75, 3.05) is 26.2 Å². The molecule has 0 saturated heterocycles. The number of rotatable bonds is 8. The maximum Gasteiger partial charge on any atom is 0.223 e. The van der Waals surface area contributed by atoms with Gasteiger partial charge in [0, 0.05) is 32.1 Å². The Bertz CT molecular complexity index is 392. The third kappa shape index (κ3) is 7.23. The molecule has 0 radical (unpaired) electrons. The summed E-state index contributed by atoms with van der Waals surface area (Å²) in [6.45, 7) is 7.60. The van der Waals surface area contributed by atoms with Crippen molar-refractivity contribution in [1.82, 2.24) is 16.0 Å². The molecule has 2 saturated carbocycles. The van der Waals surface area contributed by atoms with Crippen LogP contribution in [0.25, 0.3) is 0 Å². The second kappa shape index (κ2) is 9.78. The zero-order valence-corrected chi connectivity index (χ0v) is 14.9. The quantitative estimate of drug-likeness (QED) is 0.365. The number of hydrogen-bond donors (Lipinski definition) is 3. The van der Waals surface area contributed by atoms with Crippen molar-refractivity contribution in [3.05, 3.63) is 0 Å². The van der Waals surface area contributed by atoms with Gasteiger partial charge in [-0.25, -0.2) is 0 Å². The fraction of sp³-hybridized carbons (Fsp3) is 0.889. The molecule has 5 nitrogen and oxygen atoms in total. The van der Waals surface area contributed by atoms with Gasteiger partial charge < -0.3 is 16.0 Å². The molecule has 2 fully saturated rings. The molecule has 0 aromatic heterocycles. The van der Waals surface area contributed by atoms with Crippen molar-refractivity contribution < 1.29 is 4.79 Å². The van der Waals surface area contributed by atoms with Crippen LogP contribution in [0.15, 0.2) is 4.99 Å². The van der Waals surface area contributed by atoms with Gasteiger partial charge >= 0.3 is 0 Å². The third-order valence-electron chi connectivity index (χ3n) is 4.86.